The number of amides is 1. The fourth-order valence-electron chi connectivity index (χ4n) is 2.44. The summed E-state index contributed by atoms with van der Waals surface area (Å²) in [5, 5.41) is 3.29. The van der Waals surface area contributed by atoms with Crippen molar-refractivity contribution in [3.05, 3.63) is 35.9 Å². The van der Waals surface area contributed by atoms with E-state index in [1.54, 1.807) is 0 Å². The van der Waals surface area contributed by atoms with Crippen LogP contribution in [0.5, 0.6) is 0 Å². The number of hydrogen-bond acceptors (Lipinski definition) is 3. The Labute approximate surface area is 115 Å². The van der Waals surface area contributed by atoms with Gasteiger partial charge in [0.25, 0.3) is 0 Å². The van der Waals surface area contributed by atoms with Crippen LogP contribution in [0.4, 0.5) is 0 Å². The molecule has 0 saturated carbocycles. The topological polar surface area (TPSA) is 35.6 Å². The number of hydrogen-bond donors (Lipinski definition) is 1. The lowest BCUT2D eigenvalue weighted by Crippen LogP contribution is -2.31. The number of benzene rings is 1. The predicted molar refractivity (Wildman–Crippen MR) is 76.7 cm³/mol. The van der Waals surface area contributed by atoms with Gasteiger partial charge in [-0.25, -0.2) is 0 Å². The molecular formula is C15H23N3O. The molecule has 0 bridgehead atoms. The molecule has 4 nitrogen and oxygen atoms in total. The molecule has 0 radical (unpaired) electrons. The second-order valence-electron chi connectivity index (χ2n) is 5.29. The molecule has 1 aliphatic rings. The fourth-order valence-corrected chi connectivity index (χ4v) is 2.44. The summed E-state index contributed by atoms with van der Waals surface area (Å²) < 4.78 is 0. The zero-order valence-electron chi connectivity index (χ0n) is 11.8. The van der Waals surface area contributed by atoms with Gasteiger partial charge in [-0.3, -0.25) is 10.1 Å². The molecular weight excluding hydrogens is 238 g/mol. The molecule has 104 valence electrons. The van der Waals surface area contributed by atoms with Gasteiger partial charge < -0.3 is 9.80 Å². The molecule has 4 heteroatoms. The van der Waals surface area contributed by atoms with E-state index >= 15 is 0 Å². The van der Waals surface area contributed by atoms with Crippen molar-refractivity contribution in [2.45, 2.75) is 19.0 Å². The summed E-state index contributed by atoms with van der Waals surface area (Å²) in [7, 11) is 4.16. The lowest BCUT2D eigenvalue weighted by molar-refractivity contribution is -0.128. The van der Waals surface area contributed by atoms with Gasteiger partial charge in [0, 0.05) is 6.54 Å². The summed E-state index contributed by atoms with van der Waals surface area (Å²) in [6.07, 6.45) is 2.22. The first-order chi connectivity index (χ1) is 9.18. The molecule has 2 rings (SSSR count). The van der Waals surface area contributed by atoms with Crippen LogP contribution in [0.1, 0.15) is 24.6 Å². The Morgan fingerprint density at radius 1 is 1.26 bits per heavy atom. The standard InChI is InChI=1S/C15H23N3O/c1-17(2)10-6-7-11-18-14(19)12-16-15(18)13-8-4-3-5-9-13/h3-5,8-9,15-16H,6-7,10-12H2,1-2H3. The average Bonchev–Trinajstić information content (AvgIpc) is 2.77. The third kappa shape index (κ3) is 3.78. The van der Waals surface area contributed by atoms with Gasteiger partial charge in [-0.15, -0.1) is 0 Å². The van der Waals surface area contributed by atoms with Gasteiger partial charge in [-0.2, -0.15) is 0 Å². The monoisotopic (exact) mass is 261 g/mol. The van der Waals surface area contributed by atoms with Crippen molar-refractivity contribution < 1.29 is 4.79 Å². The van der Waals surface area contributed by atoms with Crippen molar-refractivity contribution in [1.29, 1.82) is 0 Å². The molecule has 1 atom stereocenters. The molecule has 1 aromatic carbocycles. The third-order valence-electron chi connectivity index (χ3n) is 3.45. The highest BCUT2D eigenvalue weighted by molar-refractivity contribution is 5.80. The van der Waals surface area contributed by atoms with Crippen LogP contribution in [0, 0.1) is 0 Å². The van der Waals surface area contributed by atoms with Gasteiger partial charge in [0.1, 0.15) is 6.17 Å². The average molecular weight is 261 g/mol. The number of carbonyl (C=O) groups excluding carboxylic acids is 1. The van der Waals surface area contributed by atoms with E-state index in [1.807, 2.05) is 23.1 Å². The van der Waals surface area contributed by atoms with Crippen LogP contribution in [0.3, 0.4) is 0 Å². The Morgan fingerprint density at radius 2 is 2.00 bits per heavy atom. The highest BCUT2D eigenvalue weighted by atomic mass is 16.2. The first kappa shape index (κ1) is 14.0. The van der Waals surface area contributed by atoms with Crippen molar-refractivity contribution in [1.82, 2.24) is 15.1 Å². The van der Waals surface area contributed by atoms with E-state index in [-0.39, 0.29) is 12.1 Å². The van der Waals surface area contributed by atoms with Gasteiger partial charge in [0.15, 0.2) is 0 Å². The molecule has 1 aliphatic heterocycles. The van der Waals surface area contributed by atoms with E-state index in [0.717, 1.165) is 25.9 Å². The molecule has 1 fully saturated rings. The molecule has 0 aliphatic carbocycles. The molecule has 1 aromatic rings. The minimum absolute atomic E-state index is 0.0491. The van der Waals surface area contributed by atoms with Crippen molar-refractivity contribution in [2.75, 3.05) is 33.7 Å². The lowest BCUT2D eigenvalue weighted by Gasteiger charge is -2.25. The van der Waals surface area contributed by atoms with Crippen molar-refractivity contribution >= 4 is 5.91 Å². The Hall–Kier alpha value is -1.39. The molecule has 1 unspecified atom stereocenters. The number of unbranched alkanes of at least 4 members (excludes halogenated alkanes) is 1. The second-order valence-corrected chi connectivity index (χ2v) is 5.29. The molecule has 1 amide bonds. The maximum atomic E-state index is 11.9. The molecule has 1 N–H and O–H groups in total. The summed E-state index contributed by atoms with van der Waals surface area (Å²) in [5.41, 5.74) is 1.17. The SMILES string of the molecule is CN(C)CCCCN1C(=O)CNC1c1ccccc1. The minimum atomic E-state index is 0.0491. The van der Waals surface area contributed by atoms with Crippen LogP contribution in [-0.2, 0) is 4.79 Å². The Balaban J connectivity index is 1.91. The van der Waals surface area contributed by atoms with Crippen molar-refractivity contribution in [3.8, 4) is 0 Å². The summed E-state index contributed by atoms with van der Waals surface area (Å²) in [5.74, 6) is 0.207. The molecule has 1 saturated heterocycles. The summed E-state index contributed by atoms with van der Waals surface area (Å²) in [6, 6.07) is 10.2. The molecule has 0 spiro atoms. The Morgan fingerprint density at radius 3 is 2.68 bits per heavy atom. The van der Waals surface area contributed by atoms with Crippen molar-refractivity contribution in [3.63, 3.8) is 0 Å². The van der Waals surface area contributed by atoms with Gasteiger partial charge in [0.2, 0.25) is 5.91 Å². The van der Waals surface area contributed by atoms with Gasteiger partial charge in [0.05, 0.1) is 6.54 Å². The summed E-state index contributed by atoms with van der Waals surface area (Å²) in [6.45, 7) is 2.36. The maximum absolute atomic E-state index is 11.9. The van der Waals surface area contributed by atoms with Crippen LogP contribution >= 0.6 is 0 Å². The lowest BCUT2D eigenvalue weighted by atomic mass is 10.1. The van der Waals surface area contributed by atoms with Gasteiger partial charge in [-0.1, -0.05) is 30.3 Å². The Kier molecular flexibility index (Phi) is 4.93. The number of nitrogens with one attached hydrogen (secondary N) is 1. The van der Waals surface area contributed by atoms with Crippen LogP contribution in [0.15, 0.2) is 30.3 Å². The van der Waals surface area contributed by atoms with Crippen molar-refractivity contribution in [2.24, 2.45) is 0 Å². The zero-order chi connectivity index (χ0) is 13.7. The first-order valence-electron chi connectivity index (χ1n) is 6.91. The molecule has 19 heavy (non-hydrogen) atoms. The second kappa shape index (κ2) is 6.68. The van der Waals surface area contributed by atoms with Gasteiger partial charge in [-0.05, 0) is 39.0 Å². The number of rotatable bonds is 6. The highest BCUT2D eigenvalue weighted by Crippen LogP contribution is 2.22. The smallest absolute Gasteiger partial charge is 0.238 e. The fraction of sp³-hybridized carbons (Fsp3) is 0.533. The first-order valence-corrected chi connectivity index (χ1v) is 6.91. The maximum Gasteiger partial charge on any atom is 0.238 e. The number of nitrogens with zero attached hydrogens (tertiary/aromatic N) is 2. The predicted octanol–water partition coefficient (Wildman–Crippen LogP) is 1.46. The quantitative estimate of drug-likeness (QED) is 0.788. The zero-order valence-corrected chi connectivity index (χ0v) is 11.8. The molecule has 0 aromatic heterocycles. The minimum Gasteiger partial charge on any atom is -0.322 e. The summed E-state index contributed by atoms with van der Waals surface area (Å²) in [4.78, 5) is 16.1. The van der Waals surface area contributed by atoms with Crippen LogP contribution in [0.2, 0.25) is 0 Å². The highest BCUT2D eigenvalue weighted by Gasteiger charge is 2.30. The third-order valence-corrected chi connectivity index (χ3v) is 3.45. The number of carbonyl (C=O) groups is 1. The Bertz CT molecular complexity index is 405. The van der Waals surface area contributed by atoms with Crippen LogP contribution in [0.25, 0.3) is 0 Å². The van der Waals surface area contributed by atoms with E-state index in [0.29, 0.717) is 6.54 Å². The molecule has 1 heterocycles. The van der Waals surface area contributed by atoms with E-state index < -0.39 is 0 Å². The van der Waals surface area contributed by atoms with E-state index in [1.165, 1.54) is 5.56 Å². The van der Waals surface area contributed by atoms with E-state index in [2.05, 4.69) is 36.4 Å². The largest absolute Gasteiger partial charge is 0.322 e. The van der Waals surface area contributed by atoms with Crippen LogP contribution < -0.4 is 5.32 Å². The summed E-state index contributed by atoms with van der Waals surface area (Å²) >= 11 is 0. The van der Waals surface area contributed by atoms with Crippen LogP contribution in [-0.4, -0.2) is 49.4 Å². The van der Waals surface area contributed by atoms with E-state index in [9.17, 15) is 4.79 Å². The normalized spacial score (nSPS) is 19.4. The van der Waals surface area contributed by atoms with E-state index in [4.69, 9.17) is 0 Å². The van der Waals surface area contributed by atoms with Gasteiger partial charge >= 0.3 is 0 Å².